The van der Waals surface area contributed by atoms with Crippen LogP contribution in [0.1, 0.15) is 47.4 Å². The van der Waals surface area contributed by atoms with Crippen molar-refractivity contribution in [2.75, 3.05) is 13.2 Å². The van der Waals surface area contributed by atoms with Crippen molar-refractivity contribution < 1.29 is 52.7 Å². The van der Waals surface area contributed by atoms with E-state index in [-0.39, 0.29) is 48.4 Å². The van der Waals surface area contributed by atoms with Gasteiger partial charge in [0.2, 0.25) is 0 Å². The number of hydrogen-bond acceptors (Lipinski definition) is 6. The van der Waals surface area contributed by atoms with E-state index < -0.39 is 11.9 Å². The Morgan fingerprint density at radius 1 is 0.633 bits per heavy atom. The van der Waals surface area contributed by atoms with Gasteiger partial charge in [-0.05, 0) is 13.8 Å². The third-order valence-corrected chi connectivity index (χ3v) is 3.41. The first-order valence-corrected chi connectivity index (χ1v) is 8.95. The van der Waals surface area contributed by atoms with E-state index in [1.54, 1.807) is 62.4 Å². The molecule has 0 bridgehead atoms. The molecule has 0 spiro atoms. The van der Waals surface area contributed by atoms with Gasteiger partial charge in [-0.3, -0.25) is 19.2 Å². The Balaban J connectivity index is 0. The van der Waals surface area contributed by atoms with Crippen molar-refractivity contribution >= 4 is 23.5 Å². The molecule has 0 aliphatic rings. The van der Waals surface area contributed by atoms with Crippen molar-refractivity contribution in [1.29, 1.82) is 0 Å². The van der Waals surface area contributed by atoms with Crippen LogP contribution < -0.4 is 0 Å². The minimum Gasteiger partial charge on any atom is -2.00 e. The third-order valence-electron chi connectivity index (χ3n) is 3.41. The molecule has 0 heterocycles. The fourth-order valence-corrected chi connectivity index (χ4v) is 2.14. The summed E-state index contributed by atoms with van der Waals surface area (Å²) in [6, 6.07) is 17.4. The van der Waals surface area contributed by atoms with Gasteiger partial charge < -0.3 is 14.9 Å². The van der Waals surface area contributed by atoms with Crippen LogP contribution in [0.3, 0.4) is 0 Å². The van der Waals surface area contributed by atoms with Crippen molar-refractivity contribution in [3.05, 3.63) is 71.8 Å². The SMILES string of the molecule is CCOC(=O)CC(=O)c1ccccc1.CCOC(=O)CC(=O)c1ccccc1.[O-2].[V+4]. The number of Topliss-reactive ketones (excluding diaryl/α,β-unsaturated/α-hetero) is 2. The van der Waals surface area contributed by atoms with Crippen LogP contribution in [0, 0.1) is 0 Å². The van der Waals surface area contributed by atoms with Gasteiger partial charge in [0.1, 0.15) is 12.8 Å². The molecule has 0 fully saturated rings. The number of hydrogen-bond donors (Lipinski definition) is 0. The molecule has 1 radical (unpaired) electrons. The van der Waals surface area contributed by atoms with Gasteiger partial charge in [0.05, 0.1) is 13.2 Å². The van der Waals surface area contributed by atoms with Gasteiger partial charge in [-0.1, -0.05) is 60.7 Å². The zero-order valence-corrected chi connectivity index (χ0v) is 18.3. The predicted molar refractivity (Wildman–Crippen MR) is 105 cm³/mol. The Labute approximate surface area is 188 Å². The molecule has 157 valence electrons. The number of carbonyl (C=O) groups excluding carboxylic acids is 4. The summed E-state index contributed by atoms with van der Waals surface area (Å²) in [6.45, 7) is 4.04. The molecule has 0 aromatic heterocycles. The van der Waals surface area contributed by atoms with E-state index in [1.807, 2.05) is 12.1 Å². The summed E-state index contributed by atoms with van der Waals surface area (Å²) in [7, 11) is 0. The second-order valence-corrected chi connectivity index (χ2v) is 5.54. The van der Waals surface area contributed by atoms with Gasteiger partial charge >= 0.3 is 30.5 Å². The fraction of sp³-hybridized carbons (Fsp3) is 0.273. The molecule has 30 heavy (non-hydrogen) atoms. The van der Waals surface area contributed by atoms with Crippen LogP contribution in [0.2, 0.25) is 0 Å². The van der Waals surface area contributed by atoms with Crippen molar-refractivity contribution in [3.63, 3.8) is 0 Å². The third kappa shape index (κ3) is 12.0. The van der Waals surface area contributed by atoms with E-state index in [1.165, 1.54) is 0 Å². The molecule has 2 rings (SSSR count). The van der Waals surface area contributed by atoms with Gasteiger partial charge in [0.25, 0.3) is 0 Å². The summed E-state index contributed by atoms with van der Waals surface area (Å²) >= 11 is 0. The summed E-state index contributed by atoms with van der Waals surface area (Å²) in [6.07, 6.45) is -0.365. The number of carbonyl (C=O) groups is 4. The molecule has 0 atom stereocenters. The molecule has 8 heteroatoms. The van der Waals surface area contributed by atoms with E-state index in [2.05, 4.69) is 9.47 Å². The van der Waals surface area contributed by atoms with Crippen LogP contribution in [0.25, 0.3) is 0 Å². The van der Waals surface area contributed by atoms with Gasteiger partial charge in [0, 0.05) is 11.1 Å². The molecule has 0 unspecified atom stereocenters. The van der Waals surface area contributed by atoms with E-state index >= 15 is 0 Å². The van der Waals surface area contributed by atoms with Crippen LogP contribution in [-0.4, -0.2) is 36.7 Å². The normalized spacial score (nSPS) is 8.87. The van der Waals surface area contributed by atoms with Crippen molar-refractivity contribution in [2.45, 2.75) is 26.7 Å². The largest absolute Gasteiger partial charge is 4.00 e. The van der Waals surface area contributed by atoms with E-state index in [0.717, 1.165) is 0 Å². The minimum atomic E-state index is -0.471. The summed E-state index contributed by atoms with van der Waals surface area (Å²) in [4.78, 5) is 44.8. The van der Waals surface area contributed by atoms with E-state index in [0.29, 0.717) is 24.3 Å². The number of benzene rings is 2. The first-order chi connectivity index (χ1) is 13.5. The summed E-state index contributed by atoms with van der Waals surface area (Å²) in [5, 5.41) is 0. The molecule has 7 nitrogen and oxygen atoms in total. The van der Waals surface area contributed by atoms with Crippen molar-refractivity contribution in [3.8, 4) is 0 Å². The second-order valence-electron chi connectivity index (χ2n) is 5.54. The average Bonchev–Trinajstić information content (AvgIpc) is 2.70. The smallest absolute Gasteiger partial charge is 2.00 e. The molecular formula is C22H24O7V+2. The number of rotatable bonds is 8. The molecule has 0 amide bonds. The van der Waals surface area contributed by atoms with Crippen LogP contribution in [0.4, 0.5) is 0 Å². The zero-order valence-electron chi connectivity index (χ0n) is 16.9. The molecule has 0 saturated heterocycles. The Bertz CT molecular complexity index is 709. The molecule has 0 aliphatic carbocycles. The fourth-order valence-electron chi connectivity index (χ4n) is 2.14. The second kappa shape index (κ2) is 17.2. The van der Waals surface area contributed by atoms with Gasteiger partial charge in [-0.25, -0.2) is 0 Å². The van der Waals surface area contributed by atoms with Crippen molar-refractivity contribution in [2.24, 2.45) is 0 Å². The summed E-state index contributed by atoms with van der Waals surface area (Å²) in [5.41, 5.74) is 1.08. The Morgan fingerprint density at radius 3 is 1.20 bits per heavy atom. The quantitative estimate of drug-likeness (QED) is 0.345. The predicted octanol–water partition coefficient (Wildman–Crippen LogP) is 3.52. The van der Waals surface area contributed by atoms with E-state index in [9.17, 15) is 19.2 Å². The monoisotopic (exact) mass is 451 g/mol. The standard InChI is InChI=1S/2C11H12O3.O.V/c2*1-2-14-11(13)8-10(12)9-6-4-3-5-7-9;;/h2*3-7H,2,8H2,1H3;;/q;;-2;+4. The first-order valence-electron chi connectivity index (χ1n) is 8.95. The maximum atomic E-state index is 11.4. The topological polar surface area (TPSA) is 115 Å². The molecule has 2 aromatic carbocycles. The maximum absolute atomic E-state index is 11.4. The molecule has 0 saturated carbocycles. The van der Waals surface area contributed by atoms with Crippen LogP contribution in [-0.2, 0) is 43.1 Å². The average molecular weight is 451 g/mol. The number of ether oxygens (including phenoxy) is 2. The van der Waals surface area contributed by atoms with E-state index in [4.69, 9.17) is 0 Å². The van der Waals surface area contributed by atoms with Crippen LogP contribution in [0.15, 0.2) is 60.7 Å². The van der Waals surface area contributed by atoms with Gasteiger partial charge in [-0.2, -0.15) is 0 Å². The molecule has 2 aromatic rings. The van der Waals surface area contributed by atoms with Crippen molar-refractivity contribution in [1.82, 2.24) is 0 Å². The molecule has 0 N–H and O–H groups in total. The molecule has 0 aliphatic heterocycles. The number of ketones is 2. The Morgan fingerprint density at radius 2 is 0.933 bits per heavy atom. The summed E-state index contributed by atoms with van der Waals surface area (Å²) in [5.74, 6) is -1.35. The van der Waals surface area contributed by atoms with Crippen LogP contribution in [0.5, 0.6) is 0 Å². The van der Waals surface area contributed by atoms with Gasteiger partial charge in [-0.15, -0.1) is 0 Å². The van der Waals surface area contributed by atoms with Crippen LogP contribution >= 0.6 is 0 Å². The first kappa shape index (κ1) is 29.5. The maximum Gasteiger partial charge on any atom is 4.00 e. The summed E-state index contributed by atoms with van der Waals surface area (Å²) < 4.78 is 9.35. The Hall–Kier alpha value is -2.74. The van der Waals surface area contributed by atoms with Gasteiger partial charge in [0.15, 0.2) is 11.6 Å². The number of esters is 2. The Kier molecular flexibility index (Phi) is 16.8. The zero-order chi connectivity index (χ0) is 20.8. The molecular weight excluding hydrogens is 427 g/mol. The minimum absolute atomic E-state index is 0.